The highest BCUT2D eigenvalue weighted by Gasteiger charge is 2.17. The molecule has 118 valence electrons. The lowest BCUT2D eigenvalue weighted by Gasteiger charge is -2.13. The van der Waals surface area contributed by atoms with Gasteiger partial charge in [0.25, 0.3) is 5.91 Å². The normalized spacial score (nSPS) is 12.7. The van der Waals surface area contributed by atoms with E-state index in [2.05, 4.69) is 10.5 Å². The largest absolute Gasteiger partial charge is 0.481 e. The summed E-state index contributed by atoms with van der Waals surface area (Å²) in [4.78, 5) is 12.1. The molecule has 2 rings (SSSR count). The van der Waals surface area contributed by atoms with E-state index in [0.29, 0.717) is 11.4 Å². The van der Waals surface area contributed by atoms with Crippen LogP contribution in [0.3, 0.4) is 0 Å². The van der Waals surface area contributed by atoms with Crippen LogP contribution in [0.2, 0.25) is 0 Å². The minimum absolute atomic E-state index is 0.189. The van der Waals surface area contributed by atoms with Crippen LogP contribution in [0.1, 0.15) is 12.6 Å². The third-order valence-corrected chi connectivity index (χ3v) is 3.94. The van der Waals surface area contributed by atoms with Crippen molar-refractivity contribution < 1.29 is 22.5 Å². The molecule has 1 unspecified atom stereocenters. The number of aryl methyl sites for hydroxylation is 1. The molecule has 1 atom stereocenters. The Kier molecular flexibility index (Phi) is 4.51. The van der Waals surface area contributed by atoms with Gasteiger partial charge in [0.2, 0.25) is 5.88 Å². The molecule has 0 radical (unpaired) electrons. The van der Waals surface area contributed by atoms with Gasteiger partial charge < -0.3 is 9.26 Å². The molecule has 8 heteroatoms. The molecule has 0 bridgehead atoms. The summed E-state index contributed by atoms with van der Waals surface area (Å²) in [5.41, 5.74) is 0.653. The molecule has 1 heterocycles. The van der Waals surface area contributed by atoms with Crippen LogP contribution in [0.4, 0.5) is 5.88 Å². The number of rotatable bonds is 5. The number of carbonyl (C=O) groups excluding carboxylic acids is 1. The van der Waals surface area contributed by atoms with Crippen molar-refractivity contribution in [2.75, 3.05) is 11.6 Å². The molecule has 0 saturated carbocycles. The molecule has 0 saturated heterocycles. The van der Waals surface area contributed by atoms with Gasteiger partial charge in [-0.15, -0.1) is 0 Å². The van der Waals surface area contributed by atoms with Crippen LogP contribution in [-0.2, 0) is 14.6 Å². The molecule has 22 heavy (non-hydrogen) atoms. The number of nitrogens with zero attached hydrogens (tertiary/aromatic N) is 1. The fourth-order valence-electron chi connectivity index (χ4n) is 1.67. The Morgan fingerprint density at radius 2 is 1.95 bits per heavy atom. The number of sulfone groups is 1. The average Bonchev–Trinajstić information content (AvgIpc) is 2.83. The van der Waals surface area contributed by atoms with E-state index in [1.165, 1.54) is 24.3 Å². The number of hydrogen-bond donors (Lipinski definition) is 1. The van der Waals surface area contributed by atoms with Crippen molar-refractivity contribution in [2.24, 2.45) is 0 Å². The zero-order chi connectivity index (χ0) is 16.3. The first-order valence-corrected chi connectivity index (χ1v) is 8.36. The van der Waals surface area contributed by atoms with Gasteiger partial charge in [-0.3, -0.25) is 10.1 Å². The molecular formula is C14H16N2O5S. The van der Waals surface area contributed by atoms with Crippen LogP contribution >= 0.6 is 0 Å². The maximum Gasteiger partial charge on any atom is 0.267 e. The van der Waals surface area contributed by atoms with E-state index in [-0.39, 0.29) is 10.8 Å². The summed E-state index contributed by atoms with van der Waals surface area (Å²) in [5, 5.41) is 6.19. The standard InChI is InChI=1S/C14H16N2O5S/c1-9-8-13(21-16-9)15-14(17)10(2)20-11-4-6-12(7-5-11)22(3,18)19/h4-8,10H,1-3H3,(H,15,17). The molecule has 1 aromatic heterocycles. The maximum absolute atomic E-state index is 11.9. The lowest BCUT2D eigenvalue weighted by Crippen LogP contribution is -2.30. The molecular weight excluding hydrogens is 308 g/mol. The first kappa shape index (κ1) is 16.0. The number of benzene rings is 1. The number of anilines is 1. The van der Waals surface area contributed by atoms with E-state index in [4.69, 9.17) is 9.26 Å². The van der Waals surface area contributed by atoms with Crippen molar-refractivity contribution in [3.8, 4) is 5.75 Å². The monoisotopic (exact) mass is 324 g/mol. The van der Waals surface area contributed by atoms with Gasteiger partial charge in [0.15, 0.2) is 15.9 Å². The van der Waals surface area contributed by atoms with Crippen LogP contribution in [0.15, 0.2) is 39.8 Å². The molecule has 2 aromatic rings. The van der Waals surface area contributed by atoms with E-state index >= 15 is 0 Å². The lowest BCUT2D eigenvalue weighted by atomic mass is 10.3. The summed E-state index contributed by atoms with van der Waals surface area (Å²) in [7, 11) is -3.26. The van der Waals surface area contributed by atoms with Crippen molar-refractivity contribution in [3.63, 3.8) is 0 Å². The zero-order valence-electron chi connectivity index (χ0n) is 12.4. The Morgan fingerprint density at radius 1 is 1.32 bits per heavy atom. The van der Waals surface area contributed by atoms with E-state index in [1.54, 1.807) is 19.9 Å². The van der Waals surface area contributed by atoms with Gasteiger partial charge in [-0.05, 0) is 38.1 Å². The first-order chi connectivity index (χ1) is 10.3. The number of ether oxygens (including phenoxy) is 1. The number of nitrogens with one attached hydrogen (secondary N) is 1. The Hall–Kier alpha value is -2.35. The fraction of sp³-hybridized carbons (Fsp3) is 0.286. The number of amides is 1. The molecule has 7 nitrogen and oxygen atoms in total. The quantitative estimate of drug-likeness (QED) is 0.900. The van der Waals surface area contributed by atoms with E-state index in [1.807, 2.05) is 0 Å². The topological polar surface area (TPSA) is 98.5 Å². The van der Waals surface area contributed by atoms with Crippen LogP contribution in [-0.4, -0.2) is 31.8 Å². The highest BCUT2D eigenvalue weighted by molar-refractivity contribution is 7.90. The Morgan fingerprint density at radius 3 is 2.45 bits per heavy atom. The van der Waals surface area contributed by atoms with Crippen LogP contribution < -0.4 is 10.1 Å². The third-order valence-electron chi connectivity index (χ3n) is 2.81. The van der Waals surface area contributed by atoms with E-state index in [0.717, 1.165) is 6.26 Å². The van der Waals surface area contributed by atoms with E-state index in [9.17, 15) is 13.2 Å². The van der Waals surface area contributed by atoms with Crippen molar-refractivity contribution in [1.82, 2.24) is 5.16 Å². The predicted molar refractivity (Wildman–Crippen MR) is 79.5 cm³/mol. The SMILES string of the molecule is Cc1cc(NC(=O)C(C)Oc2ccc(S(C)(=O)=O)cc2)on1. The van der Waals surface area contributed by atoms with Crippen molar-refractivity contribution in [2.45, 2.75) is 24.8 Å². The summed E-state index contributed by atoms with van der Waals surface area (Å²) in [6.07, 6.45) is 0.340. The number of carbonyl (C=O) groups is 1. The molecule has 0 aliphatic carbocycles. The second-order valence-electron chi connectivity index (χ2n) is 4.83. The third kappa shape index (κ3) is 4.08. The second-order valence-corrected chi connectivity index (χ2v) is 6.84. The van der Waals surface area contributed by atoms with Gasteiger partial charge in [0, 0.05) is 12.3 Å². The van der Waals surface area contributed by atoms with Gasteiger partial charge in [-0.1, -0.05) is 5.16 Å². The zero-order valence-corrected chi connectivity index (χ0v) is 13.2. The molecule has 0 spiro atoms. The molecule has 0 fully saturated rings. The molecule has 0 aliphatic heterocycles. The average molecular weight is 324 g/mol. The summed E-state index contributed by atoms with van der Waals surface area (Å²) in [6.45, 7) is 3.31. The second kappa shape index (κ2) is 6.18. The van der Waals surface area contributed by atoms with Crippen molar-refractivity contribution >= 4 is 21.6 Å². The van der Waals surface area contributed by atoms with Gasteiger partial charge in [-0.2, -0.15) is 0 Å². The molecule has 1 N–H and O–H groups in total. The number of hydrogen-bond acceptors (Lipinski definition) is 6. The van der Waals surface area contributed by atoms with Crippen LogP contribution in [0.5, 0.6) is 5.75 Å². The predicted octanol–water partition coefficient (Wildman–Crippen LogP) is 1.79. The van der Waals surface area contributed by atoms with Gasteiger partial charge in [0.05, 0.1) is 10.6 Å². The highest BCUT2D eigenvalue weighted by atomic mass is 32.2. The van der Waals surface area contributed by atoms with Gasteiger partial charge >= 0.3 is 0 Å². The van der Waals surface area contributed by atoms with Gasteiger partial charge in [-0.25, -0.2) is 8.42 Å². The summed E-state index contributed by atoms with van der Waals surface area (Å²) < 4.78 is 33.1. The van der Waals surface area contributed by atoms with Gasteiger partial charge in [0.1, 0.15) is 5.75 Å². The highest BCUT2D eigenvalue weighted by Crippen LogP contribution is 2.17. The molecule has 1 amide bonds. The maximum atomic E-state index is 11.9. The summed E-state index contributed by atoms with van der Waals surface area (Å²) >= 11 is 0. The fourth-order valence-corrected chi connectivity index (χ4v) is 2.30. The first-order valence-electron chi connectivity index (χ1n) is 6.46. The number of aromatic nitrogens is 1. The van der Waals surface area contributed by atoms with Crippen LogP contribution in [0, 0.1) is 6.92 Å². The Labute approximate surface area is 128 Å². The minimum Gasteiger partial charge on any atom is -0.481 e. The minimum atomic E-state index is -3.26. The van der Waals surface area contributed by atoms with Crippen molar-refractivity contribution in [1.29, 1.82) is 0 Å². The summed E-state index contributed by atoms with van der Waals surface area (Å²) in [5.74, 6) is 0.234. The Bertz CT molecular complexity index is 765. The Balaban J connectivity index is 1.99. The smallest absolute Gasteiger partial charge is 0.267 e. The molecule has 1 aromatic carbocycles. The van der Waals surface area contributed by atoms with Crippen molar-refractivity contribution in [3.05, 3.63) is 36.0 Å². The summed E-state index contributed by atoms with van der Waals surface area (Å²) in [6, 6.07) is 7.44. The van der Waals surface area contributed by atoms with Crippen LogP contribution in [0.25, 0.3) is 0 Å². The van der Waals surface area contributed by atoms with E-state index < -0.39 is 21.8 Å². The molecule has 0 aliphatic rings. The lowest BCUT2D eigenvalue weighted by molar-refractivity contribution is -0.122.